The van der Waals surface area contributed by atoms with E-state index in [1.165, 1.54) is 6.39 Å². The van der Waals surface area contributed by atoms with Crippen molar-refractivity contribution in [1.29, 1.82) is 0 Å². The topological polar surface area (TPSA) is 46.3 Å². The number of nitrogens with zero attached hydrogens (tertiary/aromatic N) is 2. The molecule has 0 spiro atoms. The number of carbonyl (C=O) groups is 1. The predicted molar refractivity (Wildman–Crippen MR) is 66.9 cm³/mol. The second kappa shape index (κ2) is 5.84. The first-order chi connectivity index (χ1) is 8.02. The van der Waals surface area contributed by atoms with E-state index in [-0.39, 0.29) is 18.0 Å². The molecule has 0 aliphatic carbocycles. The van der Waals surface area contributed by atoms with E-state index in [0.717, 1.165) is 12.8 Å². The molecule has 0 bridgehead atoms. The molecule has 0 saturated heterocycles. The van der Waals surface area contributed by atoms with Gasteiger partial charge in [0.25, 0.3) is 5.91 Å². The molecular weight excluding hydrogens is 216 g/mol. The molecule has 1 rings (SSSR count). The van der Waals surface area contributed by atoms with Crippen LogP contribution in [0.5, 0.6) is 0 Å². The van der Waals surface area contributed by atoms with Crippen LogP contribution in [0.3, 0.4) is 0 Å². The van der Waals surface area contributed by atoms with Crippen molar-refractivity contribution in [2.24, 2.45) is 0 Å². The number of oxazole rings is 1. The third-order valence-electron chi connectivity index (χ3n) is 3.31. The Morgan fingerprint density at radius 2 is 1.88 bits per heavy atom. The van der Waals surface area contributed by atoms with Crippen LogP contribution >= 0.6 is 0 Å². The molecule has 96 valence electrons. The molecule has 1 heterocycles. The third kappa shape index (κ3) is 2.87. The molecule has 1 aromatic heterocycles. The molecule has 4 heteroatoms. The minimum Gasteiger partial charge on any atom is -0.448 e. The van der Waals surface area contributed by atoms with Gasteiger partial charge in [0, 0.05) is 12.1 Å². The van der Waals surface area contributed by atoms with Crippen LogP contribution in [0.15, 0.2) is 10.8 Å². The van der Waals surface area contributed by atoms with Gasteiger partial charge in [-0.15, -0.1) is 0 Å². The van der Waals surface area contributed by atoms with Crippen molar-refractivity contribution in [2.45, 2.75) is 59.5 Å². The second-order valence-electron chi connectivity index (χ2n) is 4.48. The number of rotatable bonds is 5. The summed E-state index contributed by atoms with van der Waals surface area (Å²) in [6.07, 6.45) is 3.20. The van der Waals surface area contributed by atoms with Crippen molar-refractivity contribution in [3.05, 3.63) is 17.8 Å². The van der Waals surface area contributed by atoms with E-state index in [0.29, 0.717) is 11.5 Å². The van der Waals surface area contributed by atoms with Crippen LogP contribution in [0.2, 0.25) is 0 Å². The standard InChI is InChI=1S/C13H22N2O2/c1-6-9(3)15(10(4)7-2)13(16)12-11(5)17-8-14-12/h8-10H,6-7H2,1-5H3/t9-,10-/m1/s1. The highest BCUT2D eigenvalue weighted by Crippen LogP contribution is 2.17. The average molecular weight is 238 g/mol. The molecule has 0 radical (unpaired) electrons. The Labute approximate surface area is 103 Å². The molecule has 0 saturated carbocycles. The summed E-state index contributed by atoms with van der Waals surface area (Å²) >= 11 is 0. The van der Waals surface area contributed by atoms with E-state index in [1.54, 1.807) is 6.92 Å². The largest absolute Gasteiger partial charge is 0.448 e. The SMILES string of the molecule is CC[C@@H](C)N(C(=O)c1ncoc1C)[C@H](C)CC. The summed E-state index contributed by atoms with van der Waals surface area (Å²) in [5.41, 5.74) is 0.436. The lowest BCUT2D eigenvalue weighted by atomic mass is 10.1. The van der Waals surface area contributed by atoms with Gasteiger partial charge >= 0.3 is 0 Å². The maximum atomic E-state index is 12.4. The summed E-state index contributed by atoms with van der Waals surface area (Å²) in [5, 5.41) is 0. The molecule has 0 aromatic carbocycles. The van der Waals surface area contributed by atoms with Crippen LogP contribution in [0, 0.1) is 6.92 Å². The van der Waals surface area contributed by atoms with Gasteiger partial charge in [-0.05, 0) is 33.6 Å². The predicted octanol–water partition coefficient (Wildman–Crippen LogP) is 3.02. The maximum absolute atomic E-state index is 12.4. The van der Waals surface area contributed by atoms with Crippen LogP contribution in [-0.2, 0) is 0 Å². The van der Waals surface area contributed by atoms with Gasteiger partial charge in [0.05, 0.1) is 0 Å². The summed E-state index contributed by atoms with van der Waals surface area (Å²) in [7, 11) is 0. The molecule has 1 amide bonds. The van der Waals surface area contributed by atoms with E-state index in [4.69, 9.17) is 4.42 Å². The van der Waals surface area contributed by atoms with Gasteiger partial charge in [-0.1, -0.05) is 13.8 Å². The van der Waals surface area contributed by atoms with Crippen LogP contribution in [-0.4, -0.2) is 27.9 Å². The molecule has 0 aliphatic rings. The molecule has 0 aliphatic heterocycles. The zero-order valence-corrected chi connectivity index (χ0v) is 11.4. The van der Waals surface area contributed by atoms with Crippen LogP contribution in [0.25, 0.3) is 0 Å². The first-order valence-corrected chi connectivity index (χ1v) is 6.25. The number of hydrogen-bond donors (Lipinski definition) is 0. The van der Waals surface area contributed by atoms with Crippen molar-refractivity contribution in [1.82, 2.24) is 9.88 Å². The number of carbonyl (C=O) groups excluding carboxylic acids is 1. The van der Waals surface area contributed by atoms with Gasteiger partial charge in [-0.3, -0.25) is 4.79 Å². The third-order valence-corrected chi connectivity index (χ3v) is 3.31. The molecule has 0 unspecified atom stereocenters. The fourth-order valence-corrected chi connectivity index (χ4v) is 1.86. The molecule has 2 atom stereocenters. The highest BCUT2D eigenvalue weighted by atomic mass is 16.3. The van der Waals surface area contributed by atoms with E-state index in [9.17, 15) is 4.79 Å². The van der Waals surface area contributed by atoms with Crippen molar-refractivity contribution in [2.75, 3.05) is 0 Å². The fourth-order valence-electron chi connectivity index (χ4n) is 1.86. The maximum Gasteiger partial charge on any atom is 0.276 e. The van der Waals surface area contributed by atoms with E-state index >= 15 is 0 Å². The van der Waals surface area contributed by atoms with Gasteiger partial charge in [0.1, 0.15) is 5.76 Å². The Bertz CT molecular complexity index is 363. The smallest absolute Gasteiger partial charge is 0.276 e. The van der Waals surface area contributed by atoms with Gasteiger partial charge in [0.2, 0.25) is 0 Å². The monoisotopic (exact) mass is 238 g/mol. The van der Waals surface area contributed by atoms with Crippen molar-refractivity contribution in [3.8, 4) is 0 Å². The normalized spacial score (nSPS) is 14.4. The molecular formula is C13H22N2O2. The summed E-state index contributed by atoms with van der Waals surface area (Å²) in [6, 6.07) is 0.432. The molecule has 0 fully saturated rings. The van der Waals surface area contributed by atoms with Crippen LogP contribution in [0.4, 0.5) is 0 Å². The van der Waals surface area contributed by atoms with Crippen LogP contribution in [0.1, 0.15) is 56.8 Å². The number of hydrogen-bond acceptors (Lipinski definition) is 3. The molecule has 0 N–H and O–H groups in total. The minimum atomic E-state index is -0.0278. The summed E-state index contributed by atoms with van der Waals surface area (Å²) in [6.45, 7) is 10.1. The Morgan fingerprint density at radius 3 is 2.24 bits per heavy atom. The lowest BCUT2D eigenvalue weighted by Gasteiger charge is -2.33. The van der Waals surface area contributed by atoms with E-state index in [2.05, 4.69) is 32.7 Å². The summed E-state index contributed by atoms with van der Waals surface area (Å²) in [5.74, 6) is 0.562. The summed E-state index contributed by atoms with van der Waals surface area (Å²) in [4.78, 5) is 18.4. The first-order valence-electron chi connectivity index (χ1n) is 6.25. The lowest BCUT2D eigenvalue weighted by molar-refractivity contribution is 0.0591. The van der Waals surface area contributed by atoms with Gasteiger partial charge in [0.15, 0.2) is 12.1 Å². The Kier molecular flexibility index (Phi) is 4.73. The average Bonchev–Trinajstić information content (AvgIpc) is 2.74. The Hall–Kier alpha value is -1.32. The molecule has 1 aromatic rings. The lowest BCUT2D eigenvalue weighted by Crippen LogP contribution is -2.44. The van der Waals surface area contributed by atoms with Gasteiger partial charge in [-0.25, -0.2) is 4.98 Å². The highest BCUT2D eigenvalue weighted by Gasteiger charge is 2.27. The summed E-state index contributed by atoms with van der Waals surface area (Å²) < 4.78 is 5.10. The Balaban J connectivity index is 2.99. The fraction of sp³-hybridized carbons (Fsp3) is 0.692. The zero-order chi connectivity index (χ0) is 13.0. The van der Waals surface area contributed by atoms with E-state index < -0.39 is 0 Å². The quantitative estimate of drug-likeness (QED) is 0.792. The molecule has 4 nitrogen and oxygen atoms in total. The van der Waals surface area contributed by atoms with Gasteiger partial charge < -0.3 is 9.32 Å². The van der Waals surface area contributed by atoms with Crippen molar-refractivity contribution in [3.63, 3.8) is 0 Å². The number of aryl methyl sites for hydroxylation is 1. The molecule has 17 heavy (non-hydrogen) atoms. The Morgan fingerprint density at radius 1 is 1.35 bits per heavy atom. The zero-order valence-electron chi connectivity index (χ0n) is 11.4. The second-order valence-corrected chi connectivity index (χ2v) is 4.48. The van der Waals surface area contributed by atoms with Crippen LogP contribution < -0.4 is 0 Å². The number of amides is 1. The van der Waals surface area contributed by atoms with E-state index in [1.807, 2.05) is 4.90 Å². The van der Waals surface area contributed by atoms with Crippen molar-refractivity contribution < 1.29 is 9.21 Å². The first kappa shape index (κ1) is 13.7. The van der Waals surface area contributed by atoms with Gasteiger partial charge in [-0.2, -0.15) is 0 Å². The number of aromatic nitrogens is 1. The van der Waals surface area contributed by atoms with Crippen molar-refractivity contribution >= 4 is 5.91 Å². The minimum absolute atomic E-state index is 0.0278. The highest BCUT2D eigenvalue weighted by molar-refractivity contribution is 5.93.